The fourth-order valence-electron chi connectivity index (χ4n) is 1.35. The van der Waals surface area contributed by atoms with E-state index in [1.165, 1.54) is 19.1 Å². The number of benzene rings is 1. The number of halogens is 3. The van der Waals surface area contributed by atoms with E-state index >= 15 is 0 Å². The molecule has 5 heteroatoms. The quantitative estimate of drug-likeness (QED) is 0.599. The lowest BCUT2D eigenvalue weighted by atomic mass is 10.0. The smallest absolute Gasteiger partial charge is 0.392 e. The van der Waals surface area contributed by atoms with Crippen LogP contribution in [0.5, 0.6) is 5.75 Å². The van der Waals surface area contributed by atoms with E-state index in [1.54, 1.807) is 18.2 Å². The average molecular weight is 246 g/mol. The molecule has 0 aliphatic rings. The van der Waals surface area contributed by atoms with Crippen LogP contribution < -0.4 is 4.74 Å². The highest BCUT2D eigenvalue weighted by molar-refractivity contribution is 5.72. The highest BCUT2D eigenvalue weighted by atomic mass is 19.4. The minimum absolute atomic E-state index is 0.132. The Bertz CT molecular complexity index is 360. The van der Waals surface area contributed by atoms with Gasteiger partial charge in [0.15, 0.2) is 0 Å². The van der Waals surface area contributed by atoms with Crippen LogP contribution >= 0.6 is 0 Å². The molecule has 1 atom stereocenters. The van der Waals surface area contributed by atoms with Crippen LogP contribution in [0.3, 0.4) is 0 Å². The molecule has 0 fully saturated rings. The van der Waals surface area contributed by atoms with Crippen molar-refractivity contribution in [2.24, 2.45) is 5.92 Å². The third-order valence-corrected chi connectivity index (χ3v) is 2.34. The number of alkyl halides is 3. The number of ether oxygens (including phenoxy) is 1. The molecule has 1 unspecified atom stereocenters. The van der Waals surface area contributed by atoms with Crippen molar-refractivity contribution in [1.82, 2.24) is 0 Å². The summed E-state index contributed by atoms with van der Waals surface area (Å²) in [5.74, 6) is -2.24. The van der Waals surface area contributed by atoms with Gasteiger partial charge in [-0.1, -0.05) is 25.1 Å². The van der Waals surface area contributed by atoms with Crippen LogP contribution in [0.25, 0.3) is 0 Å². The minimum Gasteiger partial charge on any atom is -0.427 e. The molecular formula is C12H13F3O2. The molecule has 0 spiro atoms. The first-order chi connectivity index (χ1) is 7.93. The Kier molecular flexibility index (Phi) is 4.54. The van der Waals surface area contributed by atoms with Crippen LogP contribution in [-0.4, -0.2) is 12.1 Å². The first-order valence-corrected chi connectivity index (χ1v) is 5.26. The van der Waals surface area contributed by atoms with Crippen molar-refractivity contribution >= 4 is 5.97 Å². The van der Waals surface area contributed by atoms with Crippen LogP contribution in [0.4, 0.5) is 13.2 Å². The summed E-state index contributed by atoms with van der Waals surface area (Å²) in [5.41, 5.74) is 0. The van der Waals surface area contributed by atoms with Gasteiger partial charge >= 0.3 is 12.1 Å². The van der Waals surface area contributed by atoms with Gasteiger partial charge in [0, 0.05) is 0 Å². The predicted octanol–water partition coefficient (Wildman–Crippen LogP) is 3.57. The Morgan fingerprint density at radius 3 is 2.35 bits per heavy atom. The molecule has 0 N–H and O–H groups in total. The summed E-state index contributed by atoms with van der Waals surface area (Å²) in [6.07, 6.45) is -5.13. The van der Waals surface area contributed by atoms with Gasteiger partial charge in [-0.05, 0) is 18.6 Å². The largest absolute Gasteiger partial charge is 0.427 e. The summed E-state index contributed by atoms with van der Waals surface area (Å²) in [5, 5.41) is 0. The normalized spacial score (nSPS) is 13.2. The van der Waals surface area contributed by atoms with Gasteiger partial charge in [0.2, 0.25) is 0 Å². The lowest BCUT2D eigenvalue weighted by molar-refractivity contribution is -0.182. The third kappa shape index (κ3) is 4.46. The lowest BCUT2D eigenvalue weighted by Crippen LogP contribution is -2.26. The van der Waals surface area contributed by atoms with Crippen molar-refractivity contribution in [2.45, 2.75) is 25.9 Å². The molecule has 0 saturated heterocycles. The molecule has 1 aromatic rings. The van der Waals surface area contributed by atoms with Crippen molar-refractivity contribution in [3.05, 3.63) is 30.3 Å². The number of hydrogen-bond donors (Lipinski definition) is 0. The van der Waals surface area contributed by atoms with E-state index in [1.807, 2.05) is 0 Å². The van der Waals surface area contributed by atoms with Crippen molar-refractivity contribution in [1.29, 1.82) is 0 Å². The zero-order chi connectivity index (χ0) is 12.9. The van der Waals surface area contributed by atoms with Gasteiger partial charge in [-0.3, -0.25) is 4.79 Å². The fourth-order valence-corrected chi connectivity index (χ4v) is 1.35. The average Bonchev–Trinajstić information content (AvgIpc) is 2.25. The first kappa shape index (κ1) is 13.5. The molecule has 1 rings (SSSR count). The monoisotopic (exact) mass is 246 g/mol. The van der Waals surface area contributed by atoms with Crippen LogP contribution in [-0.2, 0) is 4.79 Å². The number of hydrogen-bond acceptors (Lipinski definition) is 2. The SMILES string of the molecule is CCC(CC(=O)Oc1ccccc1)C(F)(F)F. The topological polar surface area (TPSA) is 26.3 Å². The Labute approximate surface area is 97.4 Å². The Morgan fingerprint density at radius 2 is 1.88 bits per heavy atom. The van der Waals surface area contributed by atoms with Gasteiger partial charge in [-0.15, -0.1) is 0 Å². The molecule has 0 heterocycles. The first-order valence-electron chi connectivity index (χ1n) is 5.26. The maximum absolute atomic E-state index is 12.4. The molecule has 94 valence electrons. The van der Waals surface area contributed by atoms with Gasteiger partial charge in [-0.25, -0.2) is 0 Å². The Morgan fingerprint density at radius 1 is 1.29 bits per heavy atom. The fraction of sp³-hybridized carbons (Fsp3) is 0.417. The van der Waals surface area contributed by atoms with Crippen molar-refractivity contribution < 1.29 is 22.7 Å². The predicted molar refractivity (Wildman–Crippen MR) is 56.5 cm³/mol. The minimum atomic E-state index is -4.36. The maximum atomic E-state index is 12.4. The molecule has 2 nitrogen and oxygen atoms in total. The molecule has 0 bridgehead atoms. The summed E-state index contributed by atoms with van der Waals surface area (Å²) >= 11 is 0. The Hall–Kier alpha value is -1.52. The van der Waals surface area contributed by atoms with Crippen LogP contribution in [0, 0.1) is 5.92 Å². The summed E-state index contributed by atoms with van der Waals surface area (Å²) in [4.78, 5) is 11.3. The highest BCUT2D eigenvalue weighted by Gasteiger charge is 2.39. The highest BCUT2D eigenvalue weighted by Crippen LogP contribution is 2.31. The maximum Gasteiger partial charge on any atom is 0.392 e. The third-order valence-electron chi connectivity index (χ3n) is 2.34. The second kappa shape index (κ2) is 5.70. The summed E-state index contributed by atoms with van der Waals surface area (Å²) < 4.78 is 42.0. The van der Waals surface area contributed by atoms with Crippen LogP contribution in [0.15, 0.2) is 30.3 Å². The van der Waals surface area contributed by atoms with Crippen LogP contribution in [0.2, 0.25) is 0 Å². The zero-order valence-corrected chi connectivity index (χ0v) is 9.33. The second-order valence-corrected chi connectivity index (χ2v) is 3.64. The van der Waals surface area contributed by atoms with E-state index in [-0.39, 0.29) is 12.2 Å². The molecule has 0 aliphatic carbocycles. The van der Waals surface area contributed by atoms with Gasteiger partial charge in [0.1, 0.15) is 5.75 Å². The second-order valence-electron chi connectivity index (χ2n) is 3.64. The number of rotatable bonds is 4. The number of para-hydroxylation sites is 1. The molecule has 17 heavy (non-hydrogen) atoms. The molecule has 0 saturated carbocycles. The zero-order valence-electron chi connectivity index (χ0n) is 9.33. The molecule has 0 aromatic heterocycles. The van der Waals surface area contributed by atoms with E-state index < -0.39 is 24.5 Å². The summed E-state index contributed by atoms with van der Waals surface area (Å²) in [7, 11) is 0. The molecule has 0 amide bonds. The Balaban J connectivity index is 2.55. The lowest BCUT2D eigenvalue weighted by Gasteiger charge is -2.17. The van der Waals surface area contributed by atoms with Crippen molar-refractivity contribution in [3.63, 3.8) is 0 Å². The van der Waals surface area contributed by atoms with Crippen molar-refractivity contribution in [3.8, 4) is 5.75 Å². The standard InChI is InChI=1S/C12H13F3O2/c1-2-9(12(13,14)15)8-11(16)17-10-6-4-3-5-7-10/h3-7,9H,2,8H2,1H3. The van der Waals surface area contributed by atoms with E-state index in [2.05, 4.69) is 0 Å². The molecule has 0 aliphatic heterocycles. The molecule has 0 radical (unpaired) electrons. The van der Waals surface area contributed by atoms with Gasteiger partial charge < -0.3 is 4.74 Å². The van der Waals surface area contributed by atoms with Crippen LogP contribution in [0.1, 0.15) is 19.8 Å². The van der Waals surface area contributed by atoms with E-state index in [9.17, 15) is 18.0 Å². The van der Waals surface area contributed by atoms with E-state index in [0.29, 0.717) is 0 Å². The number of carbonyl (C=O) groups is 1. The number of esters is 1. The summed E-state index contributed by atoms with van der Waals surface area (Å²) in [6, 6.07) is 8.05. The van der Waals surface area contributed by atoms with Crippen molar-refractivity contribution in [2.75, 3.05) is 0 Å². The van der Waals surface area contributed by atoms with Gasteiger partial charge in [-0.2, -0.15) is 13.2 Å². The molecule has 1 aromatic carbocycles. The van der Waals surface area contributed by atoms with Gasteiger partial charge in [0.05, 0.1) is 12.3 Å². The van der Waals surface area contributed by atoms with Gasteiger partial charge in [0.25, 0.3) is 0 Å². The number of carbonyl (C=O) groups excluding carboxylic acids is 1. The molecular weight excluding hydrogens is 233 g/mol. The van der Waals surface area contributed by atoms with E-state index in [4.69, 9.17) is 4.74 Å². The van der Waals surface area contributed by atoms with E-state index in [0.717, 1.165) is 0 Å². The summed E-state index contributed by atoms with van der Waals surface area (Å²) in [6.45, 7) is 1.40.